The van der Waals surface area contributed by atoms with E-state index in [0.29, 0.717) is 12.2 Å². The van der Waals surface area contributed by atoms with Crippen LogP contribution in [0, 0.1) is 0 Å². The monoisotopic (exact) mass is 458 g/mol. The van der Waals surface area contributed by atoms with E-state index in [1.807, 2.05) is 30.3 Å². The van der Waals surface area contributed by atoms with Crippen molar-refractivity contribution in [2.24, 2.45) is 0 Å². The van der Waals surface area contributed by atoms with Crippen LogP contribution in [0.2, 0.25) is 0 Å². The van der Waals surface area contributed by atoms with E-state index in [4.69, 9.17) is 4.74 Å². The maximum atomic E-state index is 13.3. The summed E-state index contributed by atoms with van der Waals surface area (Å²) in [5.74, 6) is -1.17. The number of nitrogens with one attached hydrogen (secondary N) is 1. The number of carbonyl (C=O) groups excluding carboxylic acids is 1. The highest BCUT2D eigenvalue weighted by Gasteiger charge is 2.41. The van der Waals surface area contributed by atoms with Gasteiger partial charge in [0, 0.05) is 13.0 Å². The van der Waals surface area contributed by atoms with Gasteiger partial charge >= 0.3 is 5.97 Å². The highest BCUT2D eigenvalue weighted by Crippen LogP contribution is 2.25. The first-order valence-corrected chi connectivity index (χ1v) is 11.6. The zero-order valence-corrected chi connectivity index (χ0v) is 18.5. The van der Waals surface area contributed by atoms with Crippen molar-refractivity contribution in [2.75, 3.05) is 13.7 Å². The summed E-state index contributed by atoms with van der Waals surface area (Å²) in [4.78, 5) is 24.7. The number of sulfonamides is 1. The number of nitrogens with zero attached hydrogens (tertiary/aromatic N) is 1. The van der Waals surface area contributed by atoms with Gasteiger partial charge in [-0.15, -0.1) is 0 Å². The number of aliphatic carboxylic acids is 1. The van der Waals surface area contributed by atoms with Gasteiger partial charge in [0.15, 0.2) is 0 Å². The summed E-state index contributed by atoms with van der Waals surface area (Å²) in [6.45, 7) is -0.109. The number of aryl methyl sites for hydroxylation is 1. The van der Waals surface area contributed by atoms with E-state index in [9.17, 15) is 23.1 Å². The molecule has 1 amide bonds. The molecule has 1 heterocycles. The number of rotatable bonds is 8. The first-order chi connectivity index (χ1) is 15.3. The number of methoxy groups -OCH3 is 1. The molecule has 0 fully saturated rings. The molecule has 2 aromatic carbocycles. The van der Waals surface area contributed by atoms with E-state index in [-0.39, 0.29) is 30.2 Å². The van der Waals surface area contributed by atoms with Crippen LogP contribution in [-0.2, 0) is 26.0 Å². The van der Waals surface area contributed by atoms with Gasteiger partial charge < -0.3 is 15.2 Å². The molecule has 8 nitrogen and oxygen atoms in total. The van der Waals surface area contributed by atoms with Crippen LogP contribution in [-0.4, -0.2) is 55.4 Å². The zero-order chi connectivity index (χ0) is 23.1. The lowest BCUT2D eigenvalue weighted by Gasteiger charge is -2.31. The molecule has 2 N–H and O–H groups in total. The van der Waals surface area contributed by atoms with Gasteiger partial charge in [0.05, 0.1) is 18.0 Å². The van der Waals surface area contributed by atoms with Crippen molar-refractivity contribution in [1.82, 2.24) is 9.62 Å². The predicted molar refractivity (Wildman–Crippen MR) is 119 cm³/mol. The third-order valence-electron chi connectivity index (χ3n) is 5.28. The Morgan fingerprint density at radius 2 is 1.78 bits per heavy atom. The summed E-state index contributed by atoms with van der Waals surface area (Å²) in [6, 6.07) is 12.9. The summed E-state index contributed by atoms with van der Waals surface area (Å²) >= 11 is 0. The Balaban J connectivity index is 1.80. The number of hydrogen-bond acceptors (Lipinski definition) is 5. The summed E-state index contributed by atoms with van der Waals surface area (Å²) in [5, 5.41) is 12.6. The lowest BCUT2D eigenvalue weighted by Crippen LogP contribution is -2.56. The summed E-state index contributed by atoms with van der Waals surface area (Å²) in [5.41, 5.74) is 0.988. The molecule has 0 aliphatic carbocycles. The topological polar surface area (TPSA) is 113 Å². The molecular formula is C23H26N2O6S. The second-order valence-electron chi connectivity index (χ2n) is 7.40. The molecule has 1 aliphatic heterocycles. The Kier molecular flexibility index (Phi) is 7.66. The molecule has 0 aromatic heterocycles. The smallest absolute Gasteiger partial charge is 0.324 e. The van der Waals surface area contributed by atoms with Crippen LogP contribution in [0.5, 0.6) is 5.75 Å². The number of carbonyl (C=O) groups is 2. The number of hydrogen-bond donors (Lipinski definition) is 2. The average molecular weight is 459 g/mol. The molecule has 0 radical (unpaired) electrons. The van der Waals surface area contributed by atoms with E-state index in [1.165, 1.54) is 31.4 Å². The second kappa shape index (κ2) is 10.4. The van der Waals surface area contributed by atoms with E-state index in [2.05, 4.69) is 5.32 Å². The fourth-order valence-corrected chi connectivity index (χ4v) is 5.18. The van der Waals surface area contributed by atoms with Crippen molar-refractivity contribution in [2.45, 2.75) is 36.2 Å². The number of carboxylic acids is 1. The van der Waals surface area contributed by atoms with Gasteiger partial charge in [0.2, 0.25) is 15.9 Å². The maximum Gasteiger partial charge on any atom is 0.324 e. The standard InChI is InChI=1S/C23H26N2O6S/c1-31-18-11-13-19(14-12-18)32(29,30)25-16-6-5-9-20(22(25)23(27)28)24-21(26)15-10-17-7-3-2-4-8-17/h2-8,11-14,20,22H,9-10,15-16H2,1H3,(H,24,26)(H,27,28). The summed E-state index contributed by atoms with van der Waals surface area (Å²) in [7, 11) is -2.67. The largest absolute Gasteiger partial charge is 0.497 e. The molecule has 3 rings (SSSR count). The van der Waals surface area contributed by atoms with Gasteiger partial charge in [-0.25, -0.2) is 8.42 Å². The lowest BCUT2D eigenvalue weighted by molar-refractivity contribution is -0.142. The molecule has 2 aromatic rings. The third kappa shape index (κ3) is 5.54. The summed E-state index contributed by atoms with van der Waals surface area (Å²) < 4.78 is 32.5. The fourth-order valence-electron chi connectivity index (χ4n) is 3.61. The van der Waals surface area contributed by atoms with E-state index < -0.39 is 28.1 Å². The Labute approximate surface area is 187 Å². The molecule has 0 bridgehead atoms. The minimum atomic E-state index is -4.13. The van der Waals surface area contributed by atoms with Crippen molar-refractivity contribution < 1.29 is 27.9 Å². The first kappa shape index (κ1) is 23.5. The van der Waals surface area contributed by atoms with Crippen LogP contribution in [0.3, 0.4) is 0 Å². The molecule has 0 saturated carbocycles. The molecule has 2 atom stereocenters. The van der Waals surface area contributed by atoms with Gasteiger partial charge in [-0.1, -0.05) is 42.5 Å². The molecule has 2 unspecified atom stereocenters. The zero-order valence-electron chi connectivity index (χ0n) is 17.7. The van der Waals surface area contributed by atoms with Crippen LogP contribution in [0.15, 0.2) is 71.6 Å². The van der Waals surface area contributed by atoms with Crippen LogP contribution in [0.4, 0.5) is 0 Å². The highest BCUT2D eigenvalue weighted by molar-refractivity contribution is 7.89. The summed E-state index contributed by atoms with van der Waals surface area (Å²) in [6.07, 6.45) is 4.18. The first-order valence-electron chi connectivity index (χ1n) is 10.2. The maximum absolute atomic E-state index is 13.3. The van der Waals surface area contributed by atoms with Gasteiger partial charge in [0.25, 0.3) is 0 Å². The quantitative estimate of drug-likeness (QED) is 0.587. The van der Waals surface area contributed by atoms with Gasteiger partial charge in [-0.2, -0.15) is 4.31 Å². The normalized spacial score (nSPS) is 19.2. The Bertz CT molecular complexity index is 1070. The van der Waals surface area contributed by atoms with Gasteiger partial charge in [0.1, 0.15) is 11.8 Å². The van der Waals surface area contributed by atoms with Crippen LogP contribution >= 0.6 is 0 Å². The predicted octanol–water partition coefficient (Wildman–Crippen LogP) is 2.22. The Morgan fingerprint density at radius 3 is 2.41 bits per heavy atom. The van der Waals surface area contributed by atoms with Gasteiger partial charge in [-0.05, 0) is 42.7 Å². The molecule has 170 valence electrons. The lowest BCUT2D eigenvalue weighted by atomic mass is 10.0. The number of benzene rings is 2. The SMILES string of the molecule is COc1ccc(S(=O)(=O)N2CC=CCC(NC(=O)CCc3ccccc3)C2C(=O)O)cc1. The third-order valence-corrected chi connectivity index (χ3v) is 7.14. The van der Waals surface area contributed by atoms with E-state index >= 15 is 0 Å². The van der Waals surface area contributed by atoms with Crippen molar-refractivity contribution >= 4 is 21.9 Å². The van der Waals surface area contributed by atoms with Crippen LogP contribution in [0.1, 0.15) is 18.4 Å². The highest BCUT2D eigenvalue weighted by atomic mass is 32.2. The fraction of sp³-hybridized carbons (Fsp3) is 0.304. The van der Waals surface area contributed by atoms with Crippen molar-refractivity contribution in [3.8, 4) is 5.75 Å². The van der Waals surface area contributed by atoms with Crippen LogP contribution < -0.4 is 10.1 Å². The molecule has 0 saturated heterocycles. The van der Waals surface area contributed by atoms with E-state index in [1.54, 1.807) is 12.2 Å². The van der Waals surface area contributed by atoms with Crippen molar-refractivity contribution in [3.05, 3.63) is 72.3 Å². The average Bonchev–Trinajstić information content (AvgIpc) is 3.01. The Hall–Kier alpha value is -3.17. The van der Waals surface area contributed by atoms with Gasteiger partial charge in [-0.3, -0.25) is 9.59 Å². The number of carboxylic acid groups (broad SMARTS) is 1. The molecular weight excluding hydrogens is 432 g/mol. The number of ether oxygens (including phenoxy) is 1. The van der Waals surface area contributed by atoms with Crippen molar-refractivity contribution in [3.63, 3.8) is 0 Å². The van der Waals surface area contributed by atoms with Crippen molar-refractivity contribution in [1.29, 1.82) is 0 Å². The molecule has 0 spiro atoms. The minimum Gasteiger partial charge on any atom is -0.497 e. The Morgan fingerprint density at radius 1 is 1.09 bits per heavy atom. The minimum absolute atomic E-state index is 0.0472. The van der Waals surface area contributed by atoms with Crippen LogP contribution in [0.25, 0.3) is 0 Å². The molecule has 32 heavy (non-hydrogen) atoms. The molecule has 1 aliphatic rings. The van der Waals surface area contributed by atoms with E-state index in [0.717, 1.165) is 9.87 Å². The number of amides is 1. The molecule has 9 heteroatoms. The second-order valence-corrected chi connectivity index (χ2v) is 9.29.